The first-order chi connectivity index (χ1) is 6.91. The minimum Gasteiger partial charge on any atom is -0.384 e. The van der Waals surface area contributed by atoms with Crippen molar-refractivity contribution in [1.82, 2.24) is 9.78 Å². The van der Waals surface area contributed by atoms with Gasteiger partial charge in [0.05, 0.1) is 5.69 Å². The number of nitrogens with two attached hydrogens (primary N) is 1. The fourth-order valence-corrected chi connectivity index (χ4v) is 1.20. The Morgan fingerprint density at radius 2 is 2.40 bits per heavy atom. The number of aryl methyl sites for hydroxylation is 2. The molecule has 1 aromatic heterocycles. The molecule has 8 heteroatoms. The van der Waals surface area contributed by atoms with Crippen molar-refractivity contribution >= 4 is 5.84 Å². The van der Waals surface area contributed by atoms with Crippen LogP contribution in [0.15, 0.2) is 6.07 Å². The maximum absolute atomic E-state index is 10.2. The molecule has 0 aliphatic rings. The zero-order valence-corrected chi connectivity index (χ0v) is 8.30. The number of nitrogens with one attached hydrogen (secondary N) is 1. The summed E-state index contributed by atoms with van der Waals surface area (Å²) < 4.78 is 1.19. The van der Waals surface area contributed by atoms with Gasteiger partial charge in [0, 0.05) is 5.69 Å². The van der Waals surface area contributed by atoms with Crippen molar-refractivity contribution in [2.24, 2.45) is 5.73 Å². The first kappa shape index (κ1) is 11.0. The lowest BCUT2D eigenvalue weighted by atomic mass is 10.4. The highest BCUT2D eigenvalue weighted by atomic mass is 17.0. The van der Waals surface area contributed by atoms with Crippen LogP contribution in [-0.4, -0.2) is 20.7 Å². The van der Waals surface area contributed by atoms with E-state index in [0.717, 1.165) is 0 Å². The summed E-state index contributed by atoms with van der Waals surface area (Å²) in [6.45, 7) is 3.42. The van der Waals surface area contributed by atoms with Crippen molar-refractivity contribution in [1.29, 1.82) is 5.41 Å². The monoisotopic (exact) mass is 213 g/mol. The molecule has 3 N–H and O–H groups in total. The Balaban J connectivity index is 3.03. The molecule has 82 valence electrons. The number of nitrogens with zero attached hydrogens (tertiary/aromatic N) is 3. The van der Waals surface area contributed by atoms with Gasteiger partial charge in [0.1, 0.15) is 5.84 Å². The fourth-order valence-electron chi connectivity index (χ4n) is 1.20. The van der Waals surface area contributed by atoms with Gasteiger partial charge in [-0.15, -0.1) is 10.1 Å². The van der Waals surface area contributed by atoms with E-state index in [1.807, 2.05) is 0 Å². The molecule has 0 aliphatic carbocycles. The molecular weight excluding hydrogens is 202 g/mol. The van der Waals surface area contributed by atoms with E-state index in [-0.39, 0.29) is 0 Å². The van der Waals surface area contributed by atoms with Crippen LogP contribution in [0, 0.1) is 29.4 Å². The van der Waals surface area contributed by atoms with Gasteiger partial charge < -0.3 is 5.73 Å². The van der Waals surface area contributed by atoms with E-state index < -0.39 is 17.2 Å². The molecule has 0 spiro atoms. The van der Waals surface area contributed by atoms with Gasteiger partial charge in [-0.3, -0.25) is 10.2 Å². The second-order valence-corrected chi connectivity index (χ2v) is 3.01. The van der Waals surface area contributed by atoms with E-state index in [0.29, 0.717) is 11.4 Å². The van der Waals surface area contributed by atoms with Crippen molar-refractivity contribution in [3.8, 4) is 0 Å². The molecule has 0 aromatic carbocycles. The zero-order valence-electron chi connectivity index (χ0n) is 8.30. The summed E-state index contributed by atoms with van der Waals surface area (Å²) in [6.07, 6.45) is -1.30. The van der Waals surface area contributed by atoms with Crippen molar-refractivity contribution in [3.05, 3.63) is 27.6 Å². The van der Waals surface area contributed by atoms with Crippen LogP contribution in [0.3, 0.4) is 0 Å². The minimum atomic E-state index is -1.30. The molecule has 0 bridgehead atoms. The summed E-state index contributed by atoms with van der Waals surface area (Å²) in [5.74, 6) is -0.474. The van der Waals surface area contributed by atoms with Gasteiger partial charge in [0.15, 0.2) is 0 Å². The highest BCUT2D eigenvalue weighted by molar-refractivity contribution is 5.79. The maximum atomic E-state index is 10.2. The van der Waals surface area contributed by atoms with Gasteiger partial charge in [-0.25, -0.2) is 4.68 Å². The molecule has 0 saturated carbocycles. The van der Waals surface area contributed by atoms with Crippen molar-refractivity contribution in [2.45, 2.75) is 20.1 Å². The third-order valence-electron chi connectivity index (χ3n) is 1.72. The highest BCUT2D eigenvalue weighted by Crippen LogP contribution is 2.12. The molecule has 1 heterocycles. The number of hydrogen-bond acceptors (Lipinski definition) is 5. The molecule has 0 aliphatic heterocycles. The summed E-state index contributed by atoms with van der Waals surface area (Å²) in [6, 6.07) is 1.71. The second-order valence-electron chi connectivity index (χ2n) is 3.01. The second kappa shape index (κ2) is 3.95. The third kappa shape index (κ3) is 2.42. The first-order valence-corrected chi connectivity index (χ1v) is 4.09. The Morgan fingerprint density at radius 3 is 2.73 bits per heavy atom. The van der Waals surface area contributed by atoms with Crippen LogP contribution in [-0.2, 0) is 4.84 Å². The predicted octanol–water partition coefficient (Wildman–Crippen LogP) is 0.143. The van der Waals surface area contributed by atoms with Gasteiger partial charge in [0.25, 0.3) is 11.3 Å². The number of amidine groups is 1. The summed E-state index contributed by atoms with van der Waals surface area (Å²) in [7, 11) is 0. The van der Waals surface area contributed by atoms with Crippen LogP contribution >= 0.6 is 0 Å². The molecule has 1 unspecified atom stereocenters. The van der Waals surface area contributed by atoms with E-state index >= 15 is 0 Å². The SMILES string of the molecule is Cc1cc(C)n(C(O[N+](=O)[O-])C(=N)N)n1. The summed E-state index contributed by atoms with van der Waals surface area (Å²) >= 11 is 0. The molecule has 8 nitrogen and oxygen atoms in total. The summed E-state index contributed by atoms with van der Waals surface area (Å²) in [5.41, 5.74) is 6.49. The topological polar surface area (TPSA) is 120 Å². The van der Waals surface area contributed by atoms with E-state index in [4.69, 9.17) is 11.1 Å². The Kier molecular flexibility index (Phi) is 2.88. The van der Waals surface area contributed by atoms with Crippen molar-refractivity contribution in [3.63, 3.8) is 0 Å². The molecule has 0 amide bonds. The van der Waals surface area contributed by atoms with E-state index in [2.05, 4.69) is 9.94 Å². The minimum absolute atomic E-state index is 0.474. The average molecular weight is 213 g/mol. The van der Waals surface area contributed by atoms with Crippen LogP contribution in [0.4, 0.5) is 0 Å². The molecule has 15 heavy (non-hydrogen) atoms. The van der Waals surface area contributed by atoms with E-state index in [9.17, 15) is 10.1 Å². The number of rotatable bonds is 4. The zero-order chi connectivity index (χ0) is 11.6. The standard InChI is InChI=1S/C7H11N5O3/c1-4-3-5(2)11(10-4)7(6(8)9)15-12(13)14/h3,7H,1-2H3,(H3,8,9). The van der Waals surface area contributed by atoms with Crippen molar-refractivity contribution in [2.75, 3.05) is 0 Å². The highest BCUT2D eigenvalue weighted by Gasteiger charge is 2.21. The summed E-state index contributed by atoms with van der Waals surface area (Å²) in [4.78, 5) is 14.5. The van der Waals surface area contributed by atoms with Crippen LogP contribution < -0.4 is 5.73 Å². The third-order valence-corrected chi connectivity index (χ3v) is 1.72. The summed E-state index contributed by atoms with van der Waals surface area (Å²) in [5, 5.41) is 20.3. The van der Waals surface area contributed by atoms with Gasteiger partial charge in [-0.1, -0.05) is 0 Å². The van der Waals surface area contributed by atoms with Crippen LogP contribution in [0.25, 0.3) is 0 Å². The molecule has 1 rings (SSSR count). The quantitative estimate of drug-likeness (QED) is 0.319. The smallest absolute Gasteiger partial charge is 0.297 e. The number of aromatic nitrogens is 2. The van der Waals surface area contributed by atoms with Crippen LogP contribution in [0.2, 0.25) is 0 Å². The number of hydrogen-bond donors (Lipinski definition) is 2. The van der Waals surface area contributed by atoms with Gasteiger partial charge in [0.2, 0.25) is 0 Å². The van der Waals surface area contributed by atoms with Gasteiger partial charge >= 0.3 is 0 Å². The van der Waals surface area contributed by atoms with Gasteiger partial charge in [-0.2, -0.15) is 5.10 Å². The van der Waals surface area contributed by atoms with Gasteiger partial charge in [-0.05, 0) is 19.9 Å². The first-order valence-electron chi connectivity index (χ1n) is 4.09. The van der Waals surface area contributed by atoms with Crippen molar-refractivity contribution < 1.29 is 9.92 Å². The fraction of sp³-hybridized carbons (Fsp3) is 0.429. The molecule has 1 aromatic rings. The Bertz CT molecular complexity index is 399. The Hall–Kier alpha value is -2.12. The van der Waals surface area contributed by atoms with Crippen LogP contribution in [0.5, 0.6) is 0 Å². The molecule has 0 saturated heterocycles. The van der Waals surface area contributed by atoms with E-state index in [1.165, 1.54) is 4.68 Å². The molecule has 0 fully saturated rings. The molecule has 1 atom stereocenters. The lowest BCUT2D eigenvalue weighted by Gasteiger charge is -2.14. The Labute approximate surface area is 85.2 Å². The van der Waals surface area contributed by atoms with E-state index in [1.54, 1.807) is 19.9 Å². The molecule has 0 radical (unpaired) electrons. The Morgan fingerprint density at radius 1 is 1.80 bits per heavy atom. The molecular formula is C7H11N5O3. The average Bonchev–Trinajstić information content (AvgIpc) is 2.40. The van der Waals surface area contributed by atoms with Crippen LogP contribution in [0.1, 0.15) is 17.6 Å². The maximum Gasteiger partial charge on any atom is 0.297 e. The predicted molar refractivity (Wildman–Crippen MR) is 50.7 cm³/mol. The lowest BCUT2D eigenvalue weighted by Crippen LogP contribution is -2.31. The normalized spacial score (nSPS) is 12.1. The lowest BCUT2D eigenvalue weighted by molar-refractivity contribution is -0.770. The largest absolute Gasteiger partial charge is 0.384 e.